The van der Waals surface area contributed by atoms with E-state index in [9.17, 15) is 9.90 Å². The number of aliphatic hydroxyl groups excluding tert-OH is 1. The van der Waals surface area contributed by atoms with Crippen LogP contribution in [0.2, 0.25) is 5.02 Å². The van der Waals surface area contributed by atoms with Crippen LogP contribution >= 0.6 is 11.6 Å². The van der Waals surface area contributed by atoms with Crippen LogP contribution in [0.25, 0.3) is 0 Å². The van der Waals surface area contributed by atoms with Gasteiger partial charge in [0.25, 0.3) is 5.91 Å². The second-order valence-corrected chi connectivity index (χ2v) is 6.49. The maximum Gasteiger partial charge on any atom is 0.276 e. The Bertz CT molecular complexity index is 559. The molecule has 1 amide bonds. The topological polar surface area (TPSA) is 70.8 Å². The standard InChI is InChI=1S/C15H23ClN4O3/c1-2-3-20-8-11(16)14(17-20)15(22)19-9-12(13(21)10-19)18-4-6-23-7-5-18/h8,12-13,21H,2-7,9-10H2,1H3/t12-,13-/m1/s1. The summed E-state index contributed by atoms with van der Waals surface area (Å²) in [6, 6.07) is -0.0423. The lowest BCUT2D eigenvalue weighted by Gasteiger charge is -2.33. The van der Waals surface area contributed by atoms with E-state index in [2.05, 4.69) is 10.00 Å². The van der Waals surface area contributed by atoms with Gasteiger partial charge in [0.15, 0.2) is 5.69 Å². The van der Waals surface area contributed by atoms with Crippen LogP contribution in [0, 0.1) is 0 Å². The van der Waals surface area contributed by atoms with Gasteiger partial charge in [-0.3, -0.25) is 14.4 Å². The van der Waals surface area contributed by atoms with Crippen molar-refractivity contribution in [3.63, 3.8) is 0 Å². The number of likely N-dealkylation sites (tertiary alicyclic amines) is 1. The molecular formula is C15H23ClN4O3. The van der Waals surface area contributed by atoms with Crippen molar-refractivity contribution >= 4 is 17.5 Å². The Morgan fingerprint density at radius 3 is 2.87 bits per heavy atom. The van der Waals surface area contributed by atoms with Gasteiger partial charge < -0.3 is 14.7 Å². The molecule has 23 heavy (non-hydrogen) atoms. The maximum absolute atomic E-state index is 12.7. The van der Waals surface area contributed by atoms with Crippen LogP contribution in [-0.4, -0.2) is 82.1 Å². The van der Waals surface area contributed by atoms with E-state index in [1.807, 2.05) is 6.92 Å². The van der Waals surface area contributed by atoms with Gasteiger partial charge in [-0.2, -0.15) is 5.10 Å². The fourth-order valence-corrected chi connectivity index (χ4v) is 3.47. The van der Waals surface area contributed by atoms with Crippen molar-refractivity contribution in [3.8, 4) is 0 Å². The van der Waals surface area contributed by atoms with Gasteiger partial charge in [-0.25, -0.2) is 0 Å². The second kappa shape index (κ2) is 7.17. The number of ether oxygens (including phenoxy) is 1. The number of amides is 1. The zero-order chi connectivity index (χ0) is 16.4. The molecule has 3 heterocycles. The van der Waals surface area contributed by atoms with Gasteiger partial charge in [0.1, 0.15) is 0 Å². The molecule has 0 saturated carbocycles. The third-order valence-electron chi connectivity index (χ3n) is 4.43. The molecule has 3 rings (SSSR count). The number of carbonyl (C=O) groups excluding carboxylic acids is 1. The van der Waals surface area contributed by atoms with Gasteiger partial charge in [0.05, 0.1) is 30.4 Å². The number of aromatic nitrogens is 2. The number of rotatable bonds is 4. The molecule has 0 radical (unpaired) electrons. The predicted molar refractivity (Wildman–Crippen MR) is 85.6 cm³/mol. The Hall–Kier alpha value is -1.15. The summed E-state index contributed by atoms with van der Waals surface area (Å²) >= 11 is 6.16. The molecule has 2 fully saturated rings. The molecule has 2 atom stereocenters. The number of morpholine rings is 1. The van der Waals surface area contributed by atoms with Gasteiger partial charge >= 0.3 is 0 Å². The smallest absolute Gasteiger partial charge is 0.276 e. The summed E-state index contributed by atoms with van der Waals surface area (Å²) in [5.74, 6) is -0.209. The molecule has 2 aliphatic heterocycles. The number of hydrogen-bond donors (Lipinski definition) is 1. The largest absolute Gasteiger partial charge is 0.390 e. The number of carbonyl (C=O) groups is 1. The van der Waals surface area contributed by atoms with Gasteiger partial charge in [-0.15, -0.1) is 0 Å². The number of β-amino-alcohol motifs (C(OH)–C–C–N with tert-alkyl or cyclic N) is 1. The molecule has 2 saturated heterocycles. The molecule has 0 unspecified atom stereocenters. The fraction of sp³-hybridized carbons (Fsp3) is 0.733. The van der Waals surface area contributed by atoms with Crippen molar-refractivity contribution in [2.75, 3.05) is 39.4 Å². The highest BCUT2D eigenvalue weighted by atomic mass is 35.5. The number of aliphatic hydroxyl groups is 1. The van der Waals surface area contributed by atoms with Gasteiger partial charge in [-0.05, 0) is 6.42 Å². The molecule has 0 spiro atoms. The lowest BCUT2D eigenvalue weighted by Crippen LogP contribution is -2.49. The van der Waals surface area contributed by atoms with Gasteiger partial charge in [0.2, 0.25) is 0 Å². The zero-order valence-electron chi connectivity index (χ0n) is 13.3. The maximum atomic E-state index is 12.7. The highest BCUT2D eigenvalue weighted by Gasteiger charge is 2.39. The van der Waals surface area contributed by atoms with Crippen molar-refractivity contribution in [3.05, 3.63) is 16.9 Å². The Kier molecular flexibility index (Phi) is 5.21. The minimum Gasteiger partial charge on any atom is -0.390 e. The minimum absolute atomic E-state index is 0.0423. The van der Waals surface area contributed by atoms with Crippen molar-refractivity contribution < 1.29 is 14.6 Å². The van der Waals surface area contributed by atoms with E-state index in [4.69, 9.17) is 16.3 Å². The van der Waals surface area contributed by atoms with Crippen molar-refractivity contribution in [2.45, 2.75) is 32.0 Å². The van der Waals surface area contributed by atoms with E-state index < -0.39 is 6.10 Å². The summed E-state index contributed by atoms with van der Waals surface area (Å²) in [5.41, 5.74) is 0.273. The van der Waals surface area contributed by atoms with Crippen molar-refractivity contribution in [2.24, 2.45) is 0 Å². The number of nitrogens with zero attached hydrogens (tertiary/aromatic N) is 4. The van der Waals surface area contributed by atoms with E-state index in [1.54, 1.807) is 15.8 Å². The Labute approximate surface area is 140 Å². The summed E-state index contributed by atoms with van der Waals surface area (Å²) in [5, 5.41) is 15.0. The van der Waals surface area contributed by atoms with Crippen LogP contribution in [0.15, 0.2) is 6.20 Å². The number of aryl methyl sites for hydroxylation is 1. The molecule has 8 heteroatoms. The summed E-state index contributed by atoms with van der Waals surface area (Å²) in [6.45, 7) is 6.50. The number of halogens is 1. The van der Waals surface area contributed by atoms with Gasteiger partial charge in [-0.1, -0.05) is 18.5 Å². The molecular weight excluding hydrogens is 320 g/mol. The van der Waals surface area contributed by atoms with Crippen LogP contribution in [-0.2, 0) is 11.3 Å². The lowest BCUT2D eigenvalue weighted by molar-refractivity contribution is -0.00611. The van der Waals surface area contributed by atoms with E-state index in [1.165, 1.54) is 0 Å². The molecule has 1 N–H and O–H groups in total. The van der Waals surface area contributed by atoms with Crippen molar-refractivity contribution in [1.29, 1.82) is 0 Å². The van der Waals surface area contributed by atoms with E-state index >= 15 is 0 Å². The summed E-state index contributed by atoms with van der Waals surface area (Å²) in [7, 11) is 0. The monoisotopic (exact) mass is 342 g/mol. The predicted octanol–water partition coefficient (Wildman–Crippen LogP) is 0.464. The van der Waals surface area contributed by atoms with E-state index in [-0.39, 0.29) is 17.6 Å². The minimum atomic E-state index is -0.548. The molecule has 1 aromatic heterocycles. The molecule has 7 nitrogen and oxygen atoms in total. The number of hydrogen-bond acceptors (Lipinski definition) is 5. The fourth-order valence-electron chi connectivity index (χ4n) is 3.24. The second-order valence-electron chi connectivity index (χ2n) is 6.08. The Morgan fingerprint density at radius 2 is 2.17 bits per heavy atom. The summed E-state index contributed by atoms with van der Waals surface area (Å²) in [4.78, 5) is 16.5. The third-order valence-corrected chi connectivity index (χ3v) is 4.71. The first-order valence-electron chi connectivity index (χ1n) is 8.12. The zero-order valence-corrected chi connectivity index (χ0v) is 14.1. The molecule has 0 bridgehead atoms. The highest BCUT2D eigenvalue weighted by molar-refractivity contribution is 6.33. The Balaban J connectivity index is 1.68. The van der Waals surface area contributed by atoms with Gasteiger partial charge in [0, 0.05) is 38.9 Å². The molecule has 128 valence electrons. The molecule has 0 aromatic carbocycles. The average Bonchev–Trinajstić information content (AvgIpc) is 3.11. The molecule has 2 aliphatic rings. The first-order valence-corrected chi connectivity index (χ1v) is 8.50. The summed E-state index contributed by atoms with van der Waals surface area (Å²) in [6.07, 6.45) is 2.06. The lowest BCUT2D eigenvalue weighted by atomic mass is 10.1. The first kappa shape index (κ1) is 16.7. The SMILES string of the molecule is CCCn1cc(Cl)c(C(=O)N2C[C@@H](O)[C@H](N3CCOCC3)C2)n1. The Morgan fingerprint density at radius 1 is 1.43 bits per heavy atom. The first-order chi connectivity index (χ1) is 11.1. The summed E-state index contributed by atoms with van der Waals surface area (Å²) < 4.78 is 7.04. The van der Waals surface area contributed by atoms with Crippen molar-refractivity contribution in [1.82, 2.24) is 19.6 Å². The average molecular weight is 343 g/mol. The normalized spacial score (nSPS) is 26.0. The molecule has 0 aliphatic carbocycles. The van der Waals surface area contributed by atoms with Crippen LogP contribution in [0.4, 0.5) is 0 Å². The third kappa shape index (κ3) is 3.52. The van der Waals surface area contributed by atoms with E-state index in [0.717, 1.165) is 26.1 Å². The van der Waals surface area contributed by atoms with Crippen LogP contribution in [0.3, 0.4) is 0 Å². The highest BCUT2D eigenvalue weighted by Crippen LogP contribution is 2.22. The quantitative estimate of drug-likeness (QED) is 0.861. The van der Waals surface area contributed by atoms with E-state index in [0.29, 0.717) is 31.3 Å². The molecule has 1 aromatic rings. The van der Waals surface area contributed by atoms with Crippen LogP contribution in [0.1, 0.15) is 23.8 Å². The van der Waals surface area contributed by atoms with Crippen LogP contribution < -0.4 is 0 Å². The van der Waals surface area contributed by atoms with Crippen LogP contribution in [0.5, 0.6) is 0 Å².